The molecule has 1 aliphatic rings. The van der Waals surface area contributed by atoms with E-state index in [1.54, 1.807) is 0 Å². The predicted octanol–water partition coefficient (Wildman–Crippen LogP) is 5.04. The van der Waals surface area contributed by atoms with Crippen LogP contribution in [0.15, 0.2) is 39.9 Å². The summed E-state index contributed by atoms with van der Waals surface area (Å²) >= 11 is 1.10. The van der Waals surface area contributed by atoms with Gasteiger partial charge in [0.2, 0.25) is 5.88 Å². The molecule has 1 unspecified atom stereocenters. The van der Waals surface area contributed by atoms with Crippen molar-refractivity contribution in [3.8, 4) is 5.88 Å². The van der Waals surface area contributed by atoms with Gasteiger partial charge in [-0.05, 0) is 56.6 Å². The molecule has 3 aromatic rings. The van der Waals surface area contributed by atoms with Crippen LogP contribution in [0.2, 0.25) is 0 Å². The second kappa shape index (κ2) is 9.18. The Hall–Kier alpha value is -2.38. The average molecular weight is 429 g/mol. The summed E-state index contributed by atoms with van der Waals surface area (Å²) in [6.45, 7) is 4.02. The van der Waals surface area contributed by atoms with E-state index in [2.05, 4.69) is 29.0 Å². The molecule has 0 amide bonds. The van der Waals surface area contributed by atoms with Gasteiger partial charge < -0.3 is 14.3 Å². The Morgan fingerprint density at radius 2 is 2.17 bits per heavy atom. The molecule has 30 heavy (non-hydrogen) atoms. The van der Waals surface area contributed by atoms with E-state index in [4.69, 9.17) is 9.15 Å². The van der Waals surface area contributed by atoms with Gasteiger partial charge in [0, 0.05) is 0 Å². The number of ether oxygens (including phenoxy) is 1. The number of hydrogen-bond acceptors (Lipinski definition) is 6. The standard InChI is InChI=1S/C23H28N2O4S/c1-14-6-3-4-9-18(14)21(20-15(2)28-13-24-20)29-17-8-5-7-16(12-17)10-11-19-22(26)25-23(27)30-19/h3-4,6,9,13,16-17,21,26H,5,7-8,10-12H2,1-2H3,(H,25,27)/t16-,17-,21?/m0/s1. The minimum atomic E-state index is -0.243. The number of hydrogen-bond donors (Lipinski definition) is 2. The fraction of sp³-hybridized carbons (Fsp3) is 0.478. The van der Waals surface area contributed by atoms with Gasteiger partial charge in [-0.25, -0.2) is 4.98 Å². The molecule has 6 nitrogen and oxygen atoms in total. The topological polar surface area (TPSA) is 88.4 Å². The SMILES string of the molecule is Cc1ccccc1C(O[C@H]1CCC[C@@H](CCc2sc(=O)[nH]c2O)C1)c1ncoc1C. The van der Waals surface area contributed by atoms with Crippen molar-refractivity contribution in [1.82, 2.24) is 9.97 Å². The molecule has 1 aliphatic carbocycles. The highest BCUT2D eigenvalue weighted by atomic mass is 32.1. The van der Waals surface area contributed by atoms with Crippen molar-refractivity contribution in [3.05, 3.63) is 67.8 Å². The average Bonchev–Trinajstić information content (AvgIpc) is 3.29. The van der Waals surface area contributed by atoms with Gasteiger partial charge in [-0.15, -0.1) is 0 Å². The molecule has 3 atom stereocenters. The van der Waals surface area contributed by atoms with Crippen LogP contribution in [0.25, 0.3) is 0 Å². The lowest BCUT2D eigenvalue weighted by Crippen LogP contribution is -2.26. The maximum Gasteiger partial charge on any atom is 0.307 e. The highest BCUT2D eigenvalue weighted by molar-refractivity contribution is 7.09. The lowest BCUT2D eigenvalue weighted by molar-refractivity contribution is -0.0270. The summed E-state index contributed by atoms with van der Waals surface area (Å²) in [5.41, 5.74) is 3.14. The number of aromatic hydroxyl groups is 1. The Kier molecular flexibility index (Phi) is 6.39. The van der Waals surface area contributed by atoms with Crippen molar-refractivity contribution < 1.29 is 14.3 Å². The first kappa shape index (κ1) is 20.9. The van der Waals surface area contributed by atoms with Crippen LogP contribution in [0.1, 0.15) is 65.7 Å². The molecule has 1 saturated carbocycles. The van der Waals surface area contributed by atoms with Crippen LogP contribution in [-0.2, 0) is 11.2 Å². The zero-order chi connectivity index (χ0) is 21.1. The normalized spacial score (nSPS) is 20.3. The first-order valence-corrected chi connectivity index (χ1v) is 11.3. The first-order valence-electron chi connectivity index (χ1n) is 10.5. The first-order chi connectivity index (χ1) is 14.5. The minimum absolute atomic E-state index is 0.0229. The Bertz CT molecular complexity index is 1040. The second-order valence-corrected chi connectivity index (χ2v) is 9.21. The lowest BCUT2D eigenvalue weighted by Gasteiger charge is -2.32. The van der Waals surface area contributed by atoms with Gasteiger partial charge in [-0.1, -0.05) is 48.4 Å². The van der Waals surface area contributed by atoms with Crippen LogP contribution < -0.4 is 4.87 Å². The van der Waals surface area contributed by atoms with Gasteiger partial charge in [0.1, 0.15) is 17.6 Å². The monoisotopic (exact) mass is 428 g/mol. The minimum Gasteiger partial charge on any atom is -0.494 e. The Balaban J connectivity index is 1.46. The third-order valence-electron chi connectivity index (χ3n) is 6.04. The Morgan fingerprint density at radius 3 is 2.87 bits per heavy atom. The molecule has 0 spiro atoms. The van der Waals surface area contributed by atoms with Crippen LogP contribution in [0, 0.1) is 19.8 Å². The molecule has 2 N–H and O–H groups in total. The molecular formula is C23H28N2O4S. The van der Waals surface area contributed by atoms with Crippen LogP contribution in [0.4, 0.5) is 0 Å². The molecule has 160 valence electrons. The van der Waals surface area contributed by atoms with Gasteiger partial charge in [-0.3, -0.25) is 9.78 Å². The van der Waals surface area contributed by atoms with Gasteiger partial charge >= 0.3 is 4.87 Å². The van der Waals surface area contributed by atoms with Crippen molar-refractivity contribution in [3.63, 3.8) is 0 Å². The molecule has 2 aromatic heterocycles. The fourth-order valence-corrected chi connectivity index (χ4v) is 5.15. The quantitative estimate of drug-likeness (QED) is 0.550. The number of nitrogens with one attached hydrogen (secondary N) is 1. The molecule has 0 aliphatic heterocycles. The number of benzene rings is 1. The van der Waals surface area contributed by atoms with Gasteiger partial charge in [0.15, 0.2) is 6.39 Å². The van der Waals surface area contributed by atoms with Crippen molar-refractivity contribution in [2.75, 3.05) is 0 Å². The summed E-state index contributed by atoms with van der Waals surface area (Å²) in [6, 6.07) is 8.27. The maximum atomic E-state index is 11.4. The number of aryl methyl sites for hydroxylation is 3. The van der Waals surface area contributed by atoms with E-state index >= 15 is 0 Å². The molecule has 0 radical (unpaired) electrons. The van der Waals surface area contributed by atoms with Crippen molar-refractivity contribution in [1.29, 1.82) is 0 Å². The summed E-state index contributed by atoms with van der Waals surface area (Å²) in [7, 11) is 0. The van der Waals surface area contributed by atoms with E-state index in [1.165, 1.54) is 12.0 Å². The molecule has 1 aromatic carbocycles. The summed E-state index contributed by atoms with van der Waals surface area (Å²) in [5.74, 6) is 1.32. The molecule has 2 heterocycles. The molecule has 1 fully saturated rings. The Labute approximate surface area is 179 Å². The zero-order valence-electron chi connectivity index (χ0n) is 17.4. The number of H-pyrrole nitrogens is 1. The highest BCUT2D eigenvalue weighted by Gasteiger charge is 2.29. The van der Waals surface area contributed by atoms with Crippen molar-refractivity contribution in [2.24, 2.45) is 5.92 Å². The predicted molar refractivity (Wildman–Crippen MR) is 116 cm³/mol. The molecule has 4 rings (SSSR count). The van der Waals surface area contributed by atoms with Crippen LogP contribution >= 0.6 is 11.3 Å². The number of nitrogens with zero attached hydrogens (tertiary/aromatic N) is 1. The summed E-state index contributed by atoms with van der Waals surface area (Å²) in [5, 5.41) is 9.83. The van der Waals surface area contributed by atoms with Crippen molar-refractivity contribution >= 4 is 11.3 Å². The third-order valence-corrected chi connectivity index (χ3v) is 6.98. The summed E-state index contributed by atoms with van der Waals surface area (Å²) in [6.07, 6.45) is 7.31. The highest BCUT2D eigenvalue weighted by Crippen LogP contribution is 2.37. The van der Waals surface area contributed by atoms with E-state index in [1.807, 2.05) is 19.1 Å². The van der Waals surface area contributed by atoms with E-state index in [9.17, 15) is 9.90 Å². The van der Waals surface area contributed by atoms with Crippen LogP contribution in [0.3, 0.4) is 0 Å². The molecule has 0 bridgehead atoms. The van der Waals surface area contributed by atoms with Gasteiger partial charge in [0.05, 0.1) is 11.0 Å². The second-order valence-electron chi connectivity index (χ2n) is 8.15. The van der Waals surface area contributed by atoms with Crippen LogP contribution in [-0.4, -0.2) is 21.2 Å². The summed E-state index contributed by atoms with van der Waals surface area (Å²) < 4.78 is 12.1. The number of rotatable bonds is 7. The maximum absolute atomic E-state index is 11.4. The van der Waals surface area contributed by atoms with E-state index in [0.29, 0.717) is 5.92 Å². The van der Waals surface area contributed by atoms with E-state index in [0.717, 1.165) is 71.8 Å². The number of thiazole rings is 1. The number of aromatic amines is 1. The summed E-state index contributed by atoms with van der Waals surface area (Å²) in [4.78, 5) is 18.9. The van der Waals surface area contributed by atoms with Crippen LogP contribution in [0.5, 0.6) is 5.88 Å². The lowest BCUT2D eigenvalue weighted by atomic mass is 9.84. The number of oxazole rings is 1. The number of aromatic nitrogens is 2. The molecule has 0 saturated heterocycles. The zero-order valence-corrected chi connectivity index (χ0v) is 18.2. The molecule has 7 heteroatoms. The molecular weight excluding hydrogens is 400 g/mol. The Morgan fingerprint density at radius 1 is 1.33 bits per heavy atom. The largest absolute Gasteiger partial charge is 0.494 e. The van der Waals surface area contributed by atoms with E-state index < -0.39 is 0 Å². The van der Waals surface area contributed by atoms with Gasteiger partial charge in [0.25, 0.3) is 0 Å². The fourth-order valence-electron chi connectivity index (χ4n) is 4.41. The third kappa shape index (κ3) is 4.68. The smallest absolute Gasteiger partial charge is 0.307 e. The van der Waals surface area contributed by atoms with Gasteiger partial charge in [-0.2, -0.15) is 0 Å². The van der Waals surface area contributed by atoms with E-state index in [-0.39, 0.29) is 23.0 Å². The van der Waals surface area contributed by atoms with Crippen molar-refractivity contribution in [2.45, 2.75) is 64.6 Å².